The van der Waals surface area contributed by atoms with Gasteiger partial charge in [0.15, 0.2) is 0 Å². The molecule has 13 heavy (non-hydrogen) atoms. The largest absolute Gasteiger partial charge is 0.0925 e. The molecule has 2 heteroatoms. The van der Waals surface area contributed by atoms with E-state index in [1.807, 2.05) is 0 Å². The SMILES string of the molecule is CC1CC(CBr)C(C)C(C)C1CBr. The predicted molar refractivity (Wildman–Crippen MR) is 66.7 cm³/mol. The maximum absolute atomic E-state index is 3.65. The highest BCUT2D eigenvalue weighted by atomic mass is 79.9. The fourth-order valence-electron chi connectivity index (χ4n) is 2.70. The van der Waals surface area contributed by atoms with Crippen LogP contribution in [0.3, 0.4) is 0 Å². The van der Waals surface area contributed by atoms with Crippen LogP contribution in [-0.2, 0) is 0 Å². The van der Waals surface area contributed by atoms with Gasteiger partial charge in [0, 0.05) is 10.7 Å². The van der Waals surface area contributed by atoms with Crippen molar-refractivity contribution >= 4 is 31.9 Å². The van der Waals surface area contributed by atoms with Crippen LogP contribution in [-0.4, -0.2) is 10.7 Å². The average molecular weight is 312 g/mol. The molecule has 0 N–H and O–H groups in total. The van der Waals surface area contributed by atoms with E-state index in [4.69, 9.17) is 0 Å². The monoisotopic (exact) mass is 310 g/mol. The van der Waals surface area contributed by atoms with Crippen LogP contribution in [0.1, 0.15) is 27.2 Å². The lowest BCUT2D eigenvalue weighted by Gasteiger charge is -2.43. The lowest BCUT2D eigenvalue weighted by atomic mass is 9.65. The van der Waals surface area contributed by atoms with E-state index >= 15 is 0 Å². The van der Waals surface area contributed by atoms with Gasteiger partial charge >= 0.3 is 0 Å². The summed E-state index contributed by atoms with van der Waals surface area (Å²) in [6.07, 6.45) is 1.40. The highest BCUT2D eigenvalue weighted by Crippen LogP contribution is 2.43. The summed E-state index contributed by atoms with van der Waals surface area (Å²) in [5.41, 5.74) is 0. The maximum Gasteiger partial charge on any atom is 0.00648 e. The molecule has 0 bridgehead atoms. The molecule has 0 nitrogen and oxygen atoms in total. The van der Waals surface area contributed by atoms with Gasteiger partial charge in [0.1, 0.15) is 0 Å². The Kier molecular flexibility index (Phi) is 4.77. The van der Waals surface area contributed by atoms with Gasteiger partial charge in [-0.1, -0.05) is 52.6 Å². The molecule has 0 aliphatic heterocycles. The Morgan fingerprint density at radius 3 is 2.08 bits per heavy atom. The van der Waals surface area contributed by atoms with Crippen LogP contribution >= 0.6 is 31.9 Å². The van der Waals surface area contributed by atoms with Gasteiger partial charge in [-0.2, -0.15) is 0 Å². The second-order valence-electron chi connectivity index (χ2n) is 4.66. The third kappa shape index (κ3) is 2.50. The van der Waals surface area contributed by atoms with Crippen molar-refractivity contribution in [3.8, 4) is 0 Å². The molecule has 1 saturated carbocycles. The van der Waals surface area contributed by atoms with Crippen molar-refractivity contribution in [1.82, 2.24) is 0 Å². The van der Waals surface area contributed by atoms with Crippen molar-refractivity contribution < 1.29 is 0 Å². The van der Waals surface area contributed by atoms with Crippen LogP contribution in [0.4, 0.5) is 0 Å². The zero-order valence-corrected chi connectivity index (χ0v) is 11.9. The molecule has 0 aromatic heterocycles. The molecule has 1 rings (SSSR count). The smallest absolute Gasteiger partial charge is 0.00648 e. The summed E-state index contributed by atoms with van der Waals surface area (Å²) in [4.78, 5) is 0. The fourth-order valence-corrected chi connectivity index (χ4v) is 4.78. The second kappa shape index (κ2) is 5.16. The Hall–Kier alpha value is 0.960. The summed E-state index contributed by atoms with van der Waals surface area (Å²) in [7, 11) is 0. The molecule has 0 aromatic rings. The third-order valence-corrected chi connectivity index (χ3v) is 5.61. The predicted octanol–water partition coefficient (Wildman–Crippen LogP) is 4.32. The zero-order chi connectivity index (χ0) is 10.0. The molecule has 0 heterocycles. The quantitative estimate of drug-likeness (QED) is 0.666. The molecule has 0 spiro atoms. The molecule has 0 amide bonds. The van der Waals surface area contributed by atoms with E-state index in [9.17, 15) is 0 Å². The molecular weight excluding hydrogens is 292 g/mol. The van der Waals surface area contributed by atoms with Gasteiger partial charge in [-0.05, 0) is 36.0 Å². The number of alkyl halides is 2. The first-order chi connectivity index (χ1) is 6.11. The van der Waals surface area contributed by atoms with Crippen molar-refractivity contribution in [2.75, 3.05) is 10.7 Å². The molecule has 78 valence electrons. The molecular formula is C11H20Br2. The third-order valence-electron chi connectivity index (χ3n) is 4.03. The average Bonchev–Trinajstić information content (AvgIpc) is 2.12. The minimum atomic E-state index is 0.866. The molecule has 0 aromatic carbocycles. The topological polar surface area (TPSA) is 0 Å². The van der Waals surface area contributed by atoms with E-state index in [-0.39, 0.29) is 0 Å². The Morgan fingerprint density at radius 2 is 1.62 bits per heavy atom. The molecule has 1 aliphatic rings. The maximum atomic E-state index is 3.65. The minimum Gasteiger partial charge on any atom is -0.0925 e. The summed E-state index contributed by atoms with van der Waals surface area (Å²) in [5.74, 6) is 4.39. The van der Waals surface area contributed by atoms with Crippen LogP contribution in [0.15, 0.2) is 0 Å². The number of hydrogen-bond donors (Lipinski definition) is 0. The number of halogens is 2. The van der Waals surface area contributed by atoms with E-state index in [1.165, 1.54) is 17.1 Å². The Bertz CT molecular complexity index is 158. The van der Waals surface area contributed by atoms with Gasteiger partial charge in [-0.15, -0.1) is 0 Å². The van der Waals surface area contributed by atoms with Crippen LogP contribution in [0.2, 0.25) is 0 Å². The fraction of sp³-hybridized carbons (Fsp3) is 1.00. The molecule has 1 fully saturated rings. The first kappa shape index (κ1) is 12.0. The van der Waals surface area contributed by atoms with Gasteiger partial charge in [0.05, 0.1) is 0 Å². The van der Waals surface area contributed by atoms with Crippen molar-refractivity contribution in [3.63, 3.8) is 0 Å². The van der Waals surface area contributed by atoms with Crippen molar-refractivity contribution in [2.45, 2.75) is 27.2 Å². The minimum absolute atomic E-state index is 0.866. The van der Waals surface area contributed by atoms with E-state index in [0.717, 1.165) is 29.6 Å². The van der Waals surface area contributed by atoms with Crippen LogP contribution in [0.5, 0.6) is 0 Å². The molecule has 0 saturated heterocycles. The van der Waals surface area contributed by atoms with Crippen LogP contribution in [0, 0.1) is 29.6 Å². The standard InChI is InChI=1S/C11H20Br2/c1-7-4-10(5-12)8(2)9(3)11(7)6-13/h7-11H,4-6H2,1-3H3. The molecule has 5 unspecified atom stereocenters. The lowest BCUT2D eigenvalue weighted by molar-refractivity contribution is 0.0922. The van der Waals surface area contributed by atoms with Gasteiger partial charge in [-0.3, -0.25) is 0 Å². The van der Waals surface area contributed by atoms with E-state index < -0.39 is 0 Å². The molecule has 1 aliphatic carbocycles. The Labute approximate surface area is 99.1 Å². The first-order valence-corrected chi connectivity index (χ1v) is 7.48. The first-order valence-electron chi connectivity index (χ1n) is 5.23. The van der Waals surface area contributed by atoms with Crippen molar-refractivity contribution in [1.29, 1.82) is 0 Å². The Balaban J connectivity index is 2.66. The van der Waals surface area contributed by atoms with Crippen molar-refractivity contribution in [2.24, 2.45) is 29.6 Å². The lowest BCUT2D eigenvalue weighted by Crippen LogP contribution is -2.37. The van der Waals surface area contributed by atoms with E-state index in [0.29, 0.717) is 0 Å². The van der Waals surface area contributed by atoms with Gasteiger partial charge in [0.25, 0.3) is 0 Å². The van der Waals surface area contributed by atoms with Gasteiger partial charge in [0.2, 0.25) is 0 Å². The van der Waals surface area contributed by atoms with Crippen molar-refractivity contribution in [3.05, 3.63) is 0 Å². The molecule has 0 radical (unpaired) electrons. The van der Waals surface area contributed by atoms with Crippen LogP contribution < -0.4 is 0 Å². The van der Waals surface area contributed by atoms with Crippen LogP contribution in [0.25, 0.3) is 0 Å². The van der Waals surface area contributed by atoms with E-state index in [2.05, 4.69) is 52.6 Å². The summed E-state index contributed by atoms with van der Waals surface area (Å²) in [6.45, 7) is 7.24. The molecule has 5 atom stereocenters. The van der Waals surface area contributed by atoms with E-state index in [1.54, 1.807) is 0 Å². The summed E-state index contributed by atoms with van der Waals surface area (Å²) in [6, 6.07) is 0. The van der Waals surface area contributed by atoms with Gasteiger partial charge in [-0.25, -0.2) is 0 Å². The Morgan fingerprint density at radius 1 is 1.00 bits per heavy atom. The second-order valence-corrected chi connectivity index (χ2v) is 5.96. The van der Waals surface area contributed by atoms with Gasteiger partial charge < -0.3 is 0 Å². The summed E-state index contributed by atoms with van der Waals surface area (Å²) >= 11 is 7.29. The summed E-state index contributed by atoms with van der Waals surface area (Å²) < 4.78 is 0. The highest BCUT2D eigenvalue weighted by molar-refractivity contribution is 9.09. The highest BCUT2D eigenvalue weighted by Gasteiger charge is 2.36. The normalized spacial score (nSPS) is 46.4. The number of rotatable bonds is 2. The zero-order valence-electron chi connectivity index (χ0n) is 8.76. The number of hydrogen-bond acceptors (Lipinski definition) is 0. The summed E-state index contributed by atoms with van der Waals surface area (Å²) in [5, 5.41) is 2.35.